The molecule has 25 heavy (non-hydrogen) atoms. The highest BCUT2D eigenvalue weighted by Gasteiger charge is 2.38. The van der Waals surface area contributed by atoms with Crippen LogP contribution < -0.4 is 14.8 Å². The SMILES string of the molecule is COc1ccc([C@H]2CCCN2[C@@H](C)C(=O)N2CCNC2=O)c(OC)c1. The van der Waals surface area contributed by atoms with Gasteiger partial charge in [0, 0.05) is 30.8 Å². The van der Waals surface area contributed by atoms with Gasteiger partial charge in [-0.1, -0.05) is 6.07 Å². The lowest BCUT2D eigenvalue weighted by molar-refractivity contribution is -0.133. The molecule has 7 nitrogen and oxygen atoms in total. The van der Waals surface area contributed by atoms with Crippen LogP contribution in [0.2, 0.25) is 0 Å². The Hall–Kier alpha value is -2.28. The fourth-order valence-electron chi connectivity index (χ4n) is 3.73. The molecule has 0 aromatic heterocycles. The van der Waals surface area contributed by atoms with Gasteiger partial charge < -0.3 is 14.8 Å². The molecule has 2 aliphatic rings. The molecule has 136 valence electrons. The second-order valence-electron chi connectivity index (χ2n) is 6.40. The summed E-state index contributed by atoms with van der Waals surface area (Å²) in [6.45, 7) is 3.66. The Kier molecular flexibility index (Phi) is 5.13. The lowest BCUT2D eigenvalue weighted by Crippen LogP contribution is -2.48. The zero-order valence-electron chi connectivity index (χ0n) is 14.9. The molecule has 2 heterocycles. The molecule has 0 radical (unpaired) electrons. The standard InChI is InChI=1S/C18H25N3O4/c1-12(17(22)21-10-8-19-18(21)23)20-9-4-5-15(20)14-7-6-13(24-2)11-16(14)25-3/h6-7,11-12,15H,4-5,8-10H2,1-3H3,(H,19,23)/t12-,15+/m0/s1. The van der Waals surface area contributed by atoms with Crippen molar-refractivity contribution < 1.29 is 19.1 Å². The first kappa shape index (κ1) is 17.5. The maximum atomic E-state index is 12.7. The molecule has 2 saturated heterocycles. The van der Waals surface area contributed by atoms with Gasteiger partial charge in [-0.05, 0) is 32.4 Å². The Balaban J connectivity index is 1.83. The first-order valence-corrected chi connectivity index (χ1v) is 8.63. The number of imide groups is 1. The fourth-order valence-corrected chi connectivity index (χ4v) is 3.73. The van der Waals surface area contributed by atoms with Gasteiger partial charge in [0.15, 0.2) is 0 Å². The van der Waals surface area contributed by atoms with Crippen LogP contribution >= 0.6 is 0 Å². The van der Waals surface area contributed by atoms with Crippen molar-refractivity contribution in [3.05, 3.63) is 23.8 Å². The average Bonchev–Trinajstić information content (AvgIpc) is 3.28. The molecule has 0 unspecified atom stereocenters. The van der Waals surface area contributed by atoms with Crippen LogP contribution in [-0.4, -0.2) is 61.6 Å². The molecule has 1 N–H and O–H groups in total. The van der Waals surface area contributed by atoms with Gasteiger partial charge in [0.1, 0.15) is 11.5 Å². The number of nitrogens with one attached hydrogen (secondary N) is 1. The van der Waals surface area contributed by atoms with Crippen molar-refractivity contribution in [1.82, 2.24) is 15.1 Å². The number of carbonyl (C=O) groups is 2. The van der Waals surface area contributed by atoms with Crippen LogP contribution in [0.4, 0.5) is 4.79 Å². The molecule has 3 rings (SSSR count). The topological polar surface area (TPSA) is 71.1 Å². The largest absolute Gasteiger partial charge is 0.497 e. The van der Waals surface area contributed by atoms with Crippen LogP contribution in [0.3, 0.4) is 0 Å². The maximum absolute atomic E-state index is 12.7. The van der Waals surface area contributed by atoms with Crippen LogP contribution in [0.15, 0.2) is 18.2 Å². The summed E-state index contributed by atoms with van der Waals surface area (Å²) >= 11 is 0. The normalized spacial score (nSPS) is 22.0. The highest BCUT2D eigenvalue weighted by molar-refractivity contribution is 5.98. The fraction of sp³-hybridized carbons (Fsp3) is 0.556. The van der Waals surface area contributed by atoms with Crippen LogP contribution in [0, 0.1) is 0 Å². The predicted octanol–water partition coefficient (Wildman–Crippen LogP) is 1.78. The lowest BCUT2D eigenvalue weighted by Gasteiger charge is -2.32. The van der Waals surface area contributed by atoms with E-state index in [1.54, 1.807) is 14.2 Å². The van der Waals surface area contributed by atoms with E-state index in [4.69, 9.17) is 9.47 Å². The quantitative estimate of drug-likeness (QED) is 0.879. The van der Waals surface area contributed by atoms with Crippen molar-refractivity contribution in [2.24, 2.45) is 0 Å². The van der Waals surface area contributed by atoms with Gasteiger partial charge in [0.05, 0.1) is 20.3 Å². The second kappa shape index (κ2) is 7.31. The molecule has 0 aliphatic carbocycles. The van der Waals surface area contributed by atoms with Crippen LogP contribution in [0.1, 0.15) is 31.4 Å². The molecule has 2 aliphatic heterocycles. The number of hydrogen-bond acceptors (Lipinski definition) is 5. The summed E-state index contributed by atoms with van der Waals surface area (Å²) in [6.07, 6.45) is 1.95. The number of benzene rings is 1. The molecule has 1 aromatic rings. The van der Waals surface area contributed by atoms with E-state index in [1.165, 1.54) is 4.90 Å². The van der Waals surface area contributed by atoms with E-state index in [9.17, 15) is 9.59 Å². The maximum Gasteiger partial charge on any atom is 0.324 e. The smallest absolute Gasteiger partial charge is 0.324 e. The Morgan fingerprint density at radius 1 is 1.28 bits per heavy atom. The first-order chi connectivity index (χ1) is 12.1. The van der Waals surface area contributed by atoms with Gasteiger partial charge in [-0.15, -0.1) is 0 Å². The number of likely N-dealkylation sites (tertiary alicyclic amines) is 1. The third kappa shape index (κ3) is 3.28. The summed E-state index contributed by atoms with van der Waals surface area (Å²) in [4.78, 5) is 28.0. The third-order valence-electron chi connectivity index (χ3n) is 5.07. The molecular formula is C18H25N3O4. The van der Waals surface area contributed by atoms with Crippen LogP contribution in [0.5, 0.6) is 11.5 Å². The minimum absolute atomic E-state index is 0.0884. The summed E-state index contributed by atoms with van der Waals surface area (Å²) in [5, 5.41) is 2.68. The molecule has 0 bridgehead atoms. The highest BCUT2D eigenvalue weighted by atomic mass is 16.5. The third-order valence-corrected chi connectivity index (χ3v) is 5.07. The predicted molar refractivity (Wildman–Crippen MR) is 92.8 cm³/mol. The van der Waals surface area contributed by atoms with Crippen molar-refractivity contribution in [1.29, 1.82) is 0 Å². The van der Waals surface area contributed by atoms with Gasteiger partial charge >= 0.3 is 6.03 Å². The van der Waals surface area contributed by atoms with Crippen molar-refractivity contribution in [2.75, 3.05) is 33.9 Å². The number of amides is 3. The van der Waals surface area contributed by atoms with Crippen molar-refractivity contribution in [3.63, 3.8) is 0 Å². The molecule has 2 fully saturated rings. The Labute approximate surface area is 147 Å². The van der Waals surface area contributed by atoms with Crippen molar-refractivity contribution in [2.45, 2.75) is 31.8 Å². The number of ether oxygens (including phenoxy) is 2. The Bertz CT molecular complexity index is 664. The van der Waals surface area contributed by atoms with Crippen molar-refractivity contribution >= 4 is 11.9 Å². The van der Waals surface area contributed by atoms with E-state index in [2.05, 4.69) is 10.2 Å². The molecule has 0 saturated carbocycles. The van der Waals surface area contributed by atoms with E-state index in [0.29, 0.717) is 13.1 Å². The Morgan fingerprint density at radius 2 is 2.08 bits per heavy atom. The first-order valence-electron chi connectivity index (χ1n) is 8.63. The van der Waals surface area contributed by atoms with Gasteiger partial charge in [0.2, 0.25) is 5.91 Å². The molecule has 2 atom stereocenters. The minimum Gasteiger partial charge on any atom is -0.497 e. The van der Waals surface area contributed by atoms with Gasteiger partial charge in [0.25, 0.3) is 0 Å². The van der Waals surface area contributed by atoms with E-state index < -0.39 is 0 Å². The van der Waals surface area contributed by atoms with E-state index in [1.807, 2.05) is 25.1 Å². The minimum atomic E-state index is -0.358. The number of methoxy groups -OCH3 is 2. The summed E-state index contributed by atoms with van der Waals surface area (Å²) in [6, 6.07) is 5.21. The van der Waals surface area contributed by atoms with E-state index >= 15 is 0 Å². The summed E-state index contributed by atoms with van der Waals surface area (Å²) in [5.41, 5.74) is 1.05. The molecular weight excluding hydrogens is 322 g/mol. The number of carbonyl (C=O) groups excluding carboxylic acids is 2. The molecule has 1 aromatic carbocycles. The van der Waals surface area contributed by atoms with Gasteiger partial charge in [-0.2, -0.15) is 0 Å². The molecule has 0 spiro atoms. The highest BCUT2D eigenvalue weighted by Crippen LogP contribution is 2.39. The number of nitrogens with zero attached hydrogens (tertiary/aromatic N) is 2. The summed E-state index contributed by atoms with van der Waals surface area (Å²) < 4.78 is 10.8. The lowest BCUT2D eigenvalue weighted by atomic mass is 10.0. The summed E-state index contributed by atoms with van der Waals surface area (Å²) in [7, 11) is 3.26. The van der Waals surface area contributed by atoms with Gasteiger partial charge in [-0.3, -0.25) is 14.6 Å². The number of urea groups is 1. The number of hydrogen-bond donors (Lipinski definition) is 1. The van der Waals surface area contributed by atoms with Crippen molar-refractivity contribution in [3.8, 4) is 11.5 Å². The average molecular weight is 347 g/mol. The van der Waals surface area contributed by atoms with Gasteiger partial charge in [-0.25, -0.2) is 4.79 Å². The zero-order valence-corrected chi connectivity index (χ0v) is 14.9. The summed E-state index contributed by atoms with van der Waals surface area (Å²) in [5.74, 6) is 1.35. The Morgan fingerprint density at radius 3 is 2.72 bits per heavy atom. The monoisotopic (exact) mass is 347 g/mol. The van der Waals surface area contributed by atoms with Crippen LogP contribution in [-0.2, 0) is 4.79 Å². The molecule has 3 amide bonds. The van der Waals surface area contributed by atoms with E-state index in [-0.39, 0.29) is 24.0 Å². The molecule has 7 heteroatoms. The number of rotatable bonds is 5. The second-order valence-corrected chi connectivity index (χ2v) is 6.40. The van der Waals surface area contributed by atoms with Crippen LogP contribution in [0.25, 0.3) is 0 Å². The zero-order chi connectivity index (χ0) is 18.0. The van der Waals surface area contributed by atoms with E-state index in [0.717, 1.165) is 36.4 Å².